The number of hydrogen-bond donors (Lipinski definition) is 1. The van der Waals surface area contributed by atoms with Crippen LogP contribution in [0.2, 0.25) is 0 Å². The van der Waals surface area contributed by atoms with Gasteiger partial charge in [-0.2, -0.15) is 0 Å². The van der Waals surface area contributed by atoms with E-state index in [4.69, 9.17) is 5.73 Å². The fourth-order valence-electron chi connectivity index (χ4n) is 2.51. The summed E-state index contributed by atoms with van der Waals surface area (Å²) in [6.07, 6.45) is 0.654. The largest absolute Gasteiger partial charge is 0.355 e. The molecule has 0 aromatic carbocycles. The molecule has 1 aliphatic rings. The summed E-state index contributed by atoms with van der Waals surface area (Å²) in [6, 6.07) is 2.01. The van der Waals surface area contributed by atoms with Crippen molar-refractivity contribution in [2.75, 3.05) is 29.5 Å². The highest BCUT2D eigenvalue weighted by Gasteiger charge is 2.22. The molecule has 0 radical (unpaired) electrons. The van der Waals surface area contributed by atoms with E-state index >= 15 is 0 Å². The highest BCUT2D eigenvalue weighted by atomic mass is 32.2. The first-order chi connectivity index (χ1) is 8.93. The van der Waals surface area contributed by atoms with E-state index in [0.29, 0.717) is 19.5 Å². The third-order valence-electron chi connectivity index (χ3n) is 3.51. The number of rotatable bonds is 2. The van der Waals surface area contributed by atoms with Crippen molar-refractivity contribution in [2.24, 2.45) is 5.73 Å². The lowest BCUT2D eigenvalue weighted by atomic mass is 10.1. The summed E-state index contributed by atoms with van der Waals surface area (Å²) in [7, 11) is -2.90. The number of nitrogens with zero attached hydrogens (tertiary/aromatic N) is 2. The van der Waals surface area contributed by atoms with Crippen molar-refractivity contribution < 1.29 is 8.42 Å². The van der Waals surface area contributed by atoms with Gasteiger partial charge in [-0.15, -0.1) is 0 Å². The van der Waals surface area contributed by atoms with Gasteiger partial charge < -0.3 is 10.6 Å². The maximum atomic E-state index is 11.7. The summed E-state index contributed by atoms with van der Waals surface area (Å²) in [5.41, 5.74) is 8.90. The third-order valence-corrected chi connectivity index (χ3v) is 5.23. The van der Waals surface area contributed by atoms with E-state index in [9.17, 15) is 8.42 Å². The zero-order valence-electron chi connectivity index (χ0n) is 11.5. The van der Waals surface area contributed by atoms with Crippen LogP contribution < -0.4 is 10.6 Å². The maximum absolute atomic E-state index is 11.7. The summed E-state index contributed by atoms with van der Waals surface area (Å²) >= 11 is 0. The summed E-state index contributed by atoms with van der Waals surface area (Å²) in [5.74, 6) is 1.33. The van der Waals surface area contributed by atoms with Gasteiger partial charge in [0.25, 0.3) is 0 Å². The molecule has 1 saturated heterocycles. The molecule has 19 heavy (non-hydrogen) atoms. The molecule has 0 amide bonds. The lowest BCUT2D eigenvalue weighted by molar-refractivity contribution is 0.597. The highest BCUT2D eigenvalue weighted by Crippen LogP contribution is 2.23. The molecule has 2 rings (SSSR count). The van der Waals surface area contributed by atoms with Gasteiger partial charge in [-0.25, -0.2) is 13.4 Å². The number of anilines is 1. The molecule has 1 aromatic heterocycles. The van der Waals surface area contributed by atoms with Gasteiger partial charge in [0, 0.05) is 30.9 Å². The lowest BCUT2D eigenvalue weighted by Crippen LogP contribution is -2.29. The maximum Gasteiger partial charge on any atom is 0.152 e. The van der Waals surface area contributed by atoms with Gasteiger partial charge >= 0.3 is 0 Å². The molecule has 5 nitrogen and oxygen atoms in total. The van der Waals surface area contributed by atoms with E-state index in [1.165, 1.54) is 0 Å². The van der Waals surface area contributed by atoms with Gasteiger partial charge in [0.15, 0.2) is 9.84 Å². The number of hydrogen-bond acceptors (Lipinski definition) is 5. The number of nitrogens with two attached hydrogens (primary N) is 1. The van der Waals surface area contributed by atoms with E-state index in [1.807, 2.05) is 19.9 Å². The Hall–Kier alpha value is -1.14. The van der Waals surface area contributed by atoms with Crippen molar-refractivity contribution in [3.63, 3.8) is 0 Å². The Balaban J connectivity index is 2.36. The fourth-order valence-corrected chi connectivity index (χ4v) is 3.78. The molecule has 1 fully saturated rings. The number of aryl methyl sites for hydroxylation is 2. The number of pyridine rings is 1. The molecule has 0 bridgehead atoms. The smallest absolute Gasteiger partial charge is 0.152 e. The molecular weight excluding hydrogens is 262 g/mol. The van der Waals surface area contributed by atoms with Crippen LogP contribution in [-0.4, -0.2) is 38.0 Å². The van der Waals surface area contributed by atoms with Crippen LogP contribution in [0.4, 0.5) is 5.82 Å². The number of sulfone groups is 1. The van der Waals surface area contributed by atoms with Crippen molar-refractivity contribution in [3.05, 3.63) is 22.9 Å². The monoisotopic (exact) mass is 283 g/mol. The second-order valence-electron chi connectivity index (χ2n) is 5.08. The standard InChI is InChI=1S/C13H21N3O2S/c1-10-8-11(2)15-13(12(10)9-14)16-4-3-6-19(17,18)7-5-16/h8H,3-7,9,14H2,1-2H3. The molecule has 2 heterocycles. The SMILES string of the molecule is Cc1cc(C)c(CN)c(N2CCCS(=O)(=O)CC2)n1. The van der Waals surface area contributed by atoms with Crippen molar-refractivity contribution >= 4 is 15.7 Å². The number of aromatic nitrogens is 1. The van der Waals surface area contributed by atoms with Gasteiger partial charge in [-0.05, 0) is 31.9 Å². The summed E-state index contributed by atoms with van der Waals surface area (Å²) in [6.45, 7) is 5.63. The summed E-state index contributed by atoms with van der Waals surface area (Å²) in [5, 5.41) is 0. The summed E-state index contributed by atoms with van der Waals surface area (Å²) in [4.78, 5) is 6.63. The van der Waals surface area contributed by atoms with Gasteiger partial charge in [-0.3, -0.25) is 0 Å². The van der Waals surface area contributed by atoms with Crippen molar-refractivity contribution in [2.45, 2.75) is 26.8 Å². The van der Waals surface area contributed by atoms with Crippen LogP contribution in [-0.2, 0) is 16.4 Å². The molecule has 0 saturated carbocycles. The molecule has 0 aliphatic carbocycles. The zero-order valence-corrected chi connectivity index (χ0v) is 12.3. The minimum absolute atomic E-state index is 0.200. The predicted molar refractivity (Wildman–Crippen MR) is 77.1 cm³/mol. The Morgan fingerprint density at radius 1 is 1.32 bits per heavy atom. The molecule has 1 aliphatic heterocycles. The van der Waals surface area contributed by atoms with Crippen LogP contribution in [0.5, 0.6) is 0 Å². The molecule has 1 aromatic rings. The Bertz CT molecular complexity index is 569. The molecule has 106 valence electrons. The van der Waals surface area contributed by atoms with Crippen LogP contribution in [0, 0.1) is 13.8 Å². The average molecular weight is 283 g/mol. The molecule has 0 unspecified atom stereocenters. The molecular formula is C13H21N3O2S. The third kappa shape index (κ3) is 3.25. The second-order valence-corrected chi connectivity index (χ2v) is 7.38. The Morgan fingerprint density at radius 2 is 2.05 bits per heavy atom. The molecule has 0 atom stereocenters. The van der Waals surface area contributed by atoms with Gasteiger partial charge in [0.1, 0.15) is 5.82 Å². The van der Waals surface area contributed by atoms with Gasteiger partial charge in [0.2, 0.25) is 0 Å². The van der Waals surface area contributed by atoms with Crippen molar-refractivity contribution in [1.82, 2.24) is 4.98 Å². The van der Waals surface area contributed by atoms with Crippen LogP contribution >= 0.6 is 0 Å². The lowest BCUT2D eigenvalue weighted by Gasteiger charge is -2.25. The average Bonchev–Trinajstić information content (AvgIpc) is 2.49. The first kappa shape index (κ1) is 14.3. The van der Waals surface area contributed by atoms with Gasteiger partial charge in [-0.1, -0.05) is 0 Å². The fraction of sp³-hybridized carbons (Fsp3) is 0.615. The van der Waals surface area contributed by atoms with E-state index in [1.54, 1.807) is 0 Å². The predicted octanol–water partition coefficient (Wildman–Crippen LogP) is 0.782. The van der Waals surface area contributed by atoms with Crippen LogP contribution in [0.1, 0.15) is 23.2 Å². The van der Waals surface area contributed by atoms with E-state index in [0.717, 1.165) is 29.2 Å². The minimum Gasteiger partial charge on any atom is -0.355 e. The van der Waals surface area contributed by atoms with Crippen LogP contribution in [0.15, 0.2) is 6.07 Å². The van der Waals surface area contributed by atoms with Crippen molar-refractivity contribution in [3.8, 4) is 0 Å². The highest BCUT2D eigenvalue weighted by molar-refractivity contribution is 7.91. The Labute approximate surface area is 114 Å². The van der Waals surface area contributed by atoms with E-state index < -0.39 is 9.84 Å². The molecule has 6 heteroatoms. The van der Waals surface area contributed by atoms with Crippen LogP contribution in [0.3, 0.4) is 0 Å². The Kier molecular flexibility index (Phi) is 4.10. The van der Waals surface area contributed by atoms with Crippen LogP contribution in [0.25, 0.3) is 0 Å². The topological polar surface area (TPSA) is 76.3 Å². The van der Waals surface area contributed by atoms with E-state index in [-0.39, 0.29) is 11.5 Å². The molecule has 2 N–H and O–H groups in total. The van der Waals surface area contributed by atoms with Gasteiger partial charge in [0.05, 0.1) is 11.5 Å². The molecule has 0 spiro atoms. The minimum atomic E-state index is -2.90. The first-order valence-electron chi connectivity index (χ1n) is 6.55. The quantitative estimate of drug-likeness (QED) is 0.868. The second kappa shape index (κ2) is 5.46. The van der Waals surface area contributed by atoms with E-state index in [2.05, 4.69) is 9.88 Å². The Morgan fingerprint density at radius 3 is 2.74 bits per heavy atom. The first-order valence-corrected chi connectivity index (χ1v) is 8.37. The van der Waals surface area contributed by atoms with Crippen molar-refractivity contribution in [1.29, 1.82) is 0 Å². The summed E-state index contributed by atoms with van der Waals surface area (Å²) < 4.78 is 23.3. The zero-order chi connectivity index (χ0) is 14.0. The normalized spacial score (nSPS) is 19.2.